The molecule has 0 N–H and O–H groups in total. The summed E-state index contributed by atoms with van der Waals surface area (Å²) in [6, 6.07) is 0. The SMILES string of the molecule is CC(C)=C(C)OC(C)(C)C. The third kappa shape index (κ3) is 4.42. The fraction of sp³-hybridized carbons (Fsp3) is 0.778. The Kier molecular flexibility index (Phi) is 2.95. The van der Waals surface area contributed by atoms with E-state index in [1.807, 2.05) is 6.92 Å². The minimum Gasteiger partial charge on any atom is -0.493 e. The molecule has 10 heavy (non-hydrogen) atoms. The summed E-state index contributed by atoms with van der Waals surface area (Å²) >= 11 is 0. The van der Waals surface area contributed by atoms with Gasteiger partial charge in [-0.15, -0.1) is 0 Å². The van der Waals surface area contributed by atoms with E-state index in [4.69, 9.17) is 4.74 Å². The van der Waals surface area contributed by atoms with E-state index >= 15 is 0 Å². The van der Waals surface area contributed by atoms with Gasteiger partial charge < -0.3 is 4.74 Å². The molecule has 1 heteroatoms. The topological polar surface area (TPSA) is 9.23 Å². The molecule has 0 aromatic carbocycles. The van der Waals surface area contributed by atoms with Crippen molar-refractivity contribution in [3.8, 4) is 0 Å². The zero-order valence-corrected chi connectivity index (χ0v) is 7.91. The molecule has 0 atom stereocenters. The highest BCUT2D eigenvalue weighted by Crippen LogP contribution is 2.15. The van der Waals surface area contributed by atoms with Crippen molar-refractivity contribution in [2.45, 2.75) is 47.1 Å². The Morgan fingerprint density at radius 2 is 1.40 bits per heavy atom. The van der Waals surface area contributed by atoms with Crippen LogP contribution in [-0.2, 0) is 4.74 Å². The third-order valence-electron chi connectivity index (χ3n) is 1.16. The molecule has 0 unspecified atom stereocenters. The highest BCUT2D eigenvalue weighted by molar-refractivity contribution is 5.00. The van der Waals surface area contributed by atoms with Crippen molar-refractivity contribution >= 4 is 0 Å². The fourth-order valence-corrected chi connectivity index (χ4v) is 0.561. The van der Waals surface area contributed by atoms with Gasteiger partial charge in [0.25, 0.3) is 0 Å². The number of hydrogen-bond donors (Lipinski definition) is 0. The lowest BCUT2D eigenvalue weighted by molar-refractivity contribution is 0.0515. The molecule has 0 radical (unpaired) electrons. The van der Waals surface area contributed by atoms with Gasteiger partial charge in [-0.25, -0.2) is 0 Å². The van der Waals surface area contributed by atoms with Gasteiger partial charge in [0.15, 0.2) is 0 Å². The molecule has 0 heterocycles. The Bertz CT molecular complexity index is 133. The van der Waals surface area contributed by atoms with Gasteiger partial charge in [0.2, 0.25) is 0 Å². The van der Waals surface area contributed by atoms with E-state index < -0.39 is 0 Å². The maximum absolute atomic E-state index is 5.58. The van der Waals surface area contributed by atoms with E-state index in [9.17, 15) is 0 Å². The van der Waals surface area contributed by atoms with E-state index in [0.717, 1.165) is 5.76 Å². The van der Waals surface area contributed by atoms with Gasteiger partial charge in [-0.05, 0) is 47.1 Å². The largest absolute Gasteiger partial charge is 0.493 e. The Morgan fingerprint density at radius 3 is 1.50 bits per heavy atom. The monoisotopic (exact) mass is 142 g/mol. The summed E-state index contributed by atoms with van der Waals surface area (Å²) in [5, 5.41) is 0. The molecule has 0 bridgehead atoms. The second-order valence-corrected chi connectivity index (χ2v) is 3.77. The van der Waals surface area contributed by atoms with Crippen molar-refractivity contribution < 1.29 is 4.74 Å². The molecular formula is C9H18O. The Morgan fingerprint density at radius 1 is 1.00 bits per heavy atom. The summed E-state index contributed by atoms with van der Waals surface area (Å²) in [5.74, 6) is 1.03. The lowest BCUT2D eigenvalue weighted by atomic mass is 10.2. The highest BCUT2D eigenvalue weighted by atomic mass is 16.5. The van der Waals surface area contributed by atoms with Crippen LogP contribution in [-0.4, -0.2) is 5.60 Å². The maximum Gasteiger partial charge on any atom is 0.100 e. The first-order valence-corrected chi connectivity index (χ1v) is 3.66. The van der Waals surface area contributed by atoms with Gasteiger partial charge in [0.05, 0.1) is 5.76 Å². The van der Waals surface area contributed by atoms with E-state index in [1.165, 1.54) is 5.57 Å². The normalized spacial score (nSPS) is 11.0. The maximum atomic E-state index is 5.58. The molecule has 0 saturated carbocycles. The van der Waals surface area contributed by atoms with Crippen molar-refractivity contribution in [2.75, 3.05) is 0 Å². The number of hydrogen-bond acceptors (Lipinski definition) is 1. The van der Waals surface area contributed by atoms with Crippen LogP contribution in [0.15, 0.2) is 11.3 Å². The van der Waals surface area contributed by atoms with Gasteiger partial charge >= 0.3 is 0 Å². The summed E-state index contributed by atoms with van der Waals surface area (Å²) in [5.41, 5.74) is 1.19. The van der Waals surface area contributed by atoms with Gasteiger partial charge in [0.1, 0.15) is 5.60 Å². The average Bonchev–Trinajstić information content (AvgIpc) is 1.60. The van der Waals surface area contributed by atoms with Gasteiger partial charge in [-0.3, -0.25) is 0 Å². The Labute approximate surface area is 64.1 Å². The summed E-state index contributed by atoms with van der Waals surface area (Å²) < 4.78 is 5.58. The standard InChI is InChI=1S/C9H18O/c1-7(2)8(3)10-9(4,5)6/h1-6H3. The van der Waals surface area contributed by atoms with Crippen LogP contribution < -0.4 is 0 Å². The number of ether oxygens (including phenoxy) is 1. The molecule has 0 spiro atoms. The third-order valence-corrected chi connectivity index (χ3v) is 1.16. The predicted octanol–water partition coefficient (Wildman–Crippen LogP) is 3.12. The van der Waals surface area contributed by atoms with Gasteiger partial charge in [-0.2, -0.15) is 0 Å². The number of allylic oxidation sites excluding steroid dienone is 2. The molecule has 0 aliphatic carbocycles. The molecular weight excluding hydrogens is 124 g/mol. The van der Waals surface area contributed by atoms with Crippen LogP contribution in [0.1, 0.15) is 41.5 Å². The second kappa shape index (κ2) is 3.09. The van der Waals surface area contributed by atoms with Crippen LogP contribution in [0.4, 0.5) is 0 Å². The molecule has 60 valence electrons. The molecule has 0 fully saturated rings. The zero-order chi connectivity index (χ0) is 8.36. The molecule has 0 saturated heterocycles. The Balaban J connectivity index is 4.06. The van der Waals surface area contributed by atoms with Gasteiger partial charge in [0, 0.05) is 0 Å². The summed E-state index contributed by atoms with van der Waals surface area (Å²) in [4.78, 5) is 0. The summed E-state index contributed by atoms with van der Waals surface area (Å²) in [6.45, 7) is 12.3. The van der Waals surface area contributed by atoms with E-state index in [0.29, 0.717) is 0 Å². The fourth-order valence-electron chi connectivity index (χ4n) is 0.561. The smallest absolute Gasteiger partial charge is 0.100 e. The first-order chi connectivity index (χ1) is 4.33. The van der Waals surface area contributed by atoms with Crippen molar-refractivity contribution in [3.63, 3.8) is 0 Å². The average molecular weight is 142 g/mol. The van der Waals surface area contributed by atoms with Crippen molar-refractivity contribution in [2.24, 2.45) is 0 Å². The highest BCUT2D eigenvalue weighted by Gasteiger charge is 2.10. The lowest BCUT2D eigenvalue weighted by Crippen LogP contribution is -2.18. The van der Waals surface area contributed by atoms with Crippen LogP contribution in [0.3, 0.4) is 0 Å². The van der Waals surface area contributed by atoms with Crippen LogP contribution in [0, 0.1) is 0 Å². The lowest BCUT2D eigenvalue weighted by Gasteiger charge is -2.22. The first-order valence-electron chi connectivity index (χ1n) is 3.66. The first kappa shape index (κ1) is 9.54. The van der Waals surface area contributed by atoms with E-state index in [-0.39, 0.29) is 5.60 Å². The van der Waals surface area contributed by atoms with Crippen LogP contribution in [0.25, 0.3) is 0 Å². The van der Waals surface area contributed by atoms with Crippen molar-refractivity contribution in [3.05, 3.63) is 11.3 Å². The molecule has 1 nitrogen and oxygen atoms in total. The minimum atomic E-state index is -0.0542. The molecule has 0 aliphatic rings. The minimum absolute atomic E-state index is 0.0542. The van der Waals surface area contributed by atoms with Crippen LogP contribution in [0.5, 0.6) is 0 Å². The van der Waals surface area contributed by atoms with E-state index in [1.54, 1.807) is 0 Å². The molecule has 0 aliphatic heterocycles. The zero-order valence-electron chi connectivity index (χ0n) is 7.91. The van der Waals surface area contributed by atoms with Crippen LogP contribution >= 0.6 is 0 Å². The van der Waals surface area contributed by atoms with Crippen molar-refractivity contribution in [1.82, 2.24) is 0 Å². The second-order valence-electron chi connectivity index (χ2n) is 3.77. The summed E-state index contributed by atoms with van der Waals surface area (Å²) in [7, 11) is 0. The number of rotatable bonds is 1. The molecule has 0 aromatic heterocycles. The Hall–Kier alpha value is -0.460. The quantitative estimate of drug-likeness (QED) is 0.511. The van der Waals surface area contributed by atoms with Crippen LogP contribution in [0.2, 0.25) is 0 Å². The predicted molar refractivity (Wildman–Crippen MR) is 44.9 cm³/mol. The molecule has 0 rings (SSSR count). The molecule has 0 amide bonds. The molecule has 0 aromatic rings. The van der Waals surface area contributed by atoms with Crippen molar-refractivity contribution in [1.29, 1.82) is 0 Å². The van der Waals surface area contributed by atoms with E-state index in [2.05, 4.69) is 34.6 Å². The summed E-state index contributed by atoms with van der Waals surface area (Å²) in [6.07, 6.45) is 0. The van der Waals surface area contributed by atoms with Gasteiger partial charge in [-0.1, -0.05) is 0 Å².